The molecule has 0 amide bonds. The number of aromatic nitrogens is 1. The van der Waals surface area contributed by atoms with Gasteiger partial charge in [0.15, 0.2) is 0 Å². The molecule has 1 aromatic rings. The molecule has 3 nitrogen and oxygen atoms in total. The van der Waals surface area contributed by atoms with Crippen LogP contribution in [0.25, 0.3) is 0 Å². The number of rotatable bonds is 1. The van der Waals surface area contributed by atoms with Crippen molar-refractivity contribution in [3.8, 4) is 0 Å². The number of ether oxygens (including phenoxy) is 1. The van der Waals surface area contributed by atoms with E-state index >= 15 is 0 Å². The maximum absolute atomic E-state index is 5.73. The Labute approximate surface area is 84.3 Å². The molecule has 76 valence electrons. The van der Waals surface area contributed by atoms with Gasteiger partial charge in [0.25, 0.3) is 0 Å². The third kappa shape index (κ3) is 1.87. The number of nitrogen functional groups attached to an aromatic ring is 1. The Morgan fingerprint density at radius 2 is 2.14 bits per heavy atom. The Hall–Kier alpha value is -1.09. The van der Waals surface area contributed by atoms with Gasteiger partial charge in [-0.3, -0.25) is 4.98 Å². The van der Waals surface area contributed by atoms with Gasteiger partial charge in [-0.15, -0.1) is 0 Å². The Balaban J connectivity index is 2.18. The number of anilines is 1. The highest BCUT2D eigenvalue weighted by Gasteiger charge is 2.17. The topological polar surface area (TPSA) is 48.1 Å². The minimum Gasteiger partial charge on any atom is -0.397 e. The van der Waals surface area contributed by atoms with Crippen molar-refractivity contribution in [1.82, 2.24) is 4.98 Å². The maximum atomic E-state index is 5.73. The van der Waals surface area contributed by atoms with Crippen LogP contribution < -0.4 is 5.73 Å². The molecule has 0 unspecified atom stereocenters. The summed E-state index contributed by atoms with van der Waals surface area (Å²) in [6, 6.07) is 2.10. The summed E-state index contributed by atoms with van der Waals surface area (Å²) in [6.07, 6.45) is 3.92. The van der Waals surface area contributed by atoms with Gasteiger partial charge < -0.3 is 10.5 Å². The molecule has 0 aromatic carbocycles. The highest BCUT2D eigenvalue weighted by Crippen LogP contribution is 2.26. The highest BCUT2D eigenvalue weighted by molar-refractivity contribution is 5.44. The molecule has 2 heterocycles. The predicted octanol–water partition coefficient (Wildman–Crippen LogP) is 1.87. The lowest BCUT2D eigenvalue weighted by molar-refractivity contribution is 0.0845. The van der Waals surface area contributed by atoms with Crippen molar-refractivity contribution in [2.75, 3.05) is 18.9 Å². The number of hydrogen-bond acceptors (Lipinski definition) is 3. The van der Waals surface area contributed by atoms with Crippen molar-refractivity contribution in [1.29, 1.82) is 0 Å². The molecule has 14 heavy (non-hydrogen) atoms. The normalized spacial score (nSPS) is 18.4. The molecule has 1 aliphatic rings. The molecule has 0 atom stereocenters. The van der Waals surface area contributed by atoms with Gasteiger partial charge >= 0.3 is 0 Å². The van der Waals surface area contributed by atoms with Gasteiger partial charge in [0.2, 0.25) is 0 Å². The molecule has 1 fully saturated rings. The Bertz CT molecular complexity index is 319. The average molecular weight is 192 g/mol. The summed E-state index contributed by atoms with van der Waals surface area (Å²) in [6.45, 7) is 3.74. The second-order valence-corrected chi connectivity index (χ2v) is 3.85. The monoisotopic (exact) mass is 192 g/mol. The SMILES string of the molecule is Cc1cc(C2CCOCC2)ncc1N. The van der Waals surface area contributed by atoms with Gasteiger partial charge in [0, 0.05) is 24.8 Å². The Morgan fingerprint density at radius 3 is 2.79 bits per heavy atom. The van der Waals surface area contributed by atoms with Crippen LogP contribution >= 0.6 is 0 Å². The highest BCUT2D eigenvalue weighted by atomic mass is 16.5. The number of aryl methyl sites for hydroxylation is 1. The van der Waals surface area contributed by atoms with Crippen LogP contribution in [0.2, 0.25) is 0 Å². The van der Waals surface area contributed by atoms with E-state index in [-0.39, 0.29) is 0 Å². The smallest absolute Gasteiger partial charge is 0.0530 e. The van der Waals surface area contributed by atoms with E-state index < -0.39 is 0 Å². The first-order valence-corrected chi connectivity index (χ1v) is 5.07. The van der Waals surface area contributed by atoms with Crippen LogP contribution in [0.3, 0.4) is 0 Å². The Morgan fingerprint density at radius 1 is 1.43 bits per heavy atom. The second kappa shape index (κ2) is 3.96. The van der Waals surface area contributed by atoms with E-state index in [4.69, 9.17) is 10.5 Å². The van der Waals surface area contributed by atoms with Crippen LogP contribution in [0.15, 0.2) is 12.3 Å². The van der Waals surface area contributed by atoms with Gasteiger partial charge in [-0.25, -0.2) is 0 Å². The average Bonchev–Trinajstić information content (AvgIpc) is 2.23. The summed E-state index contributed by atoms with van der Waals surface area (Å²) < 4.78 is 5.32. The molecule has 3 heteroatoms. The fourth-order valence-corrected chi connectivity index (χ4v) is 1.80. The van der Waals surface area contributed by atoms with Crippen molar-refractivity contribution < 1.29 is 4.74 Å². The first-order valence-electron chi connectivity index (χ1n) is 5.07. The molecule has 0 saturated carbocycles. The van der Waals surface area contributed by atoms with Gasteiger partial charge in [-0.2, -0.15) is 0 Å². The van der Waals surface area contributed by atoms with E-state index in [2.05, 4.69) is 11.1 Å². The zero-order valence-electron chi connectivity index (χ0n) is 8.49. The third-order valence-electron chi connectivity index (χ3n) is 2.81. The van der Waals surface area contributed by atoms with Crippen molar-refractivity contribution >= 4 is 5.69 Å². The Kier molecular flexibility index (Phi) is 2.68. The third-order valence-corrected chi connectivity index (χ3v) is 2.81. The van der Waals surface area contributed by atoms with Crippen LogP contribution in [0.1, 0.15) is 30.0 Å². The zero-order chi connectivity index (χ0) is 9.97. The van der Waals surface area contributed by atoms with E-state index in [9.17, 15) is 0 Å². The van der Waals surface area contributed by atoms with Crippen LogP contribution in [0.5, 0.6) is 0 Å². The molecular weight excluding hydrogens is 176 g/mol. The minimum atomic E-state index is 0.558. The van der Waals surface area contributed by atoms with Crippen LogP contribution in [0, 0.1) is 6.92 Å². The first kappa shape index (κ1) is 9.46. The summed E-state index contributed by atoms with van der Waals surface area (Å²) in [5.41, 5.74) is 8.80. The number of nitrogens with zero attached hydrogens (tertiary/aromatic N) is 1. The van der Waals surface area contributed by atoms with E-state index in [1.165, 1.54) is 5.69 Å². The summed E-state index contributed by atoms with van der Waals surface area (Å²) in [4.78, 5) is 4.38. The van der Waals surface area contributed by atoms with Gasteiger partial charge in [-0.05, 0) is 31.4 Å². The van der Waals surface area contributed by atoms with Crippen molar-refractivity contribution in [2.24, 2.45) is 0 Å². The first-order chi connectivity index (χ1) is 6.77. The van der Waals surface area contributed by atoms with Gasteiger partial charge in [0.1, 0.15) is 0 Å². The lowest BCUT2D eigenvalue weighted by atomic mass is 9.95. The lowest BCUT2D eigenvalue weighted by Crippen LogP contribution is -2.15. The maximum Gasteiger partial charge on any atom is 0.0530 e. The summed E-state index contributed by atoms with van der Waals surface area (Å²) in [5, 5.41) is 0. The summed E-state index contributed by atoms with van der Waals surface area (Å²) >= 11 is 0. The predicted molar refractivity (Wildman–Crippen MR) is 56.2 cm³/mol. The van der Waals surface area contributed by atoms with E-state index in [0.29, 0.717) is 5.92 Å². The van der Waals surface area contributed by atoms with Crippen LogP contribution in [-0.4, -0.2) is 18.2 Å². The van der Waals surface area contributed by atoms with E-state index in [0.717, 1.165) is 37.3 Å². The zero-order valence-corrected chi connectivity index (χ0v) is 8.49. The van der Waals surface area contributed by atoms with Crippen LogP contribution in [-0.2, 0) is 4.74 Å². The van der Waals surface area contributed by atoms with Gasteiger partial charge in [-0.1, -0.05) is 0 Å². The minimum absolute atomic E-state index is 0.558. The fraction of sp³-hybridized carbons (Fsp3) is 0.545. The molecule has 0 spiro atoms. The molecule has 1 saturated heterocycles. The molecule has 0 radical (unpaired) electrons. The second-order valence-electron chi connectivity index (χ2n) is 3.85. The fourth-order valence-electron chi connectivity index (χ4n) is 1.80. The number of hydrogen-bond donors (Lipinski definition) is 1. The molecular formula is C11H16N2O. The van der Waals surface area contributed by atoms with Crippen molar-refractivity contribution in [3.05, 3.63) is 23.5 Å². The standard InChI is InChI=1S/C11H16N2O/c1-8-6-11(13-7-10(8)12)9-2-4-14-5-3-9/h6-7,9H,2-5,12H2,1H3. The molecule has 0 bridgehead atoms. The number of pyridine rings is 1. The van der Waals surface area contributed by atoms with E-state index in [1.54, 1.807) is 6.20 Å². The molecule has 2 rings (SSSR count). The molecule has 0 aliphatic carbocycles. The summed E-state index contributed by atoms with van der Waals surface area (Å²) in [7, 11) is 0. The van der Waals surface area contributed by atoms with Crippen LogP contribution in [0.4, 0.5) is 5.69 Å². The largest absolute Gasteiger partial charge is 0.397 e. The van der Waals surface area contributed by atoms with E-state index in [1.807, 2.05) is 6.92 Å². The lowest BCUT2D eigenvalue weighted by Gasteiger charge is -2.21. The molecule has 1 aliphatic heterocycles. The molecule has 2 N–H and O–H groups in total. The van der Waals surface area contributed by atoms with Crippen molar-refractivity contribution in [2.45, 2.75) is 25.7 Å². The van der Waals surface area contributed by atoms with Crippen molar-refractivity contribution in [3.63, 3.8) is 0 Å². The summed E-state index contributed by atoms with van der Waals surface area (Å²) in [5.74, 6) is 0.558. The van der Waals surface area contributed by atoms with Gasteiger partial charge in [0.05, 0.1) is 11.9 Å². The molecule has 1 aromatic heterocycles. The number of nitrogens with two attached hydrogens (primary N) is 1. The quantitative estimate of drug-likeness (QED) is 0.739.